The summed E-state index contributed by atoms with van der Waals surface area (Å²) in [6, 6.07) is 12.8. The second kappa shape index (κ2) is 14.8. The van der Waals surface area contributed by atoms with Crippen molar-refractivity contribution in [3.05, 3.63) is 48.0 Å². The average molecular weight is 689 g/mol. The molecule has 3 aliphatic rings. The van der Waals surface area contributed by atoms with E-state index >= 15 is 0 Å². The van der Waals surface area contributed by atoms with Gasteiger partial charge in [-0.15, -0.1) is 0 Å². The minimum absolute atomic E-state index is 0.00543. The number of likely N-dealkylation sites (tertiary alicyclic amines) is 1. The molecule has 13 nitrogen and oxygen atoms in total. The van der Waals surface area contributed by atoms with E-state index in [1.54, 1.807) is 37.3 Å². The minimum Gasteiger partial charge on any atom is -0.497 e. The van der Waals surface area contributed by atoms with Crippen molar-refractivity contribution in [1.82, 2.24) is 4.90 Å². The van der Waals surface area contributed by atoms with Crippen LogP contribution in [0.25, 0.3) is 0 Å². The zero-order chi connectivity index (χ0) is 34.9. The third-order valence-electron chi connectivity index (χ3n) is 10.4. The quantitative estimate of drug-likeness (QED) is 0.195. The zero-order valence-corrected chi connectivity index (χ0v) is 29.0. The first-order valence-electron chi connectivity index (χ1n) is 16.4. The van der Waals surface area contributed by atoms with Gasteiger partial charge in [-0.05, 0) is 43.2 Å². The Labute approximate surface area is 281 Å². The number of hydrogen-bond acceptors (Lipinski definition) is 11. The summed E-state index contributed by atoms with van der Waals surface area (Å²) in [5, 5.41) is 53.7. The van der Waals surface area contributed by atoms with Crippen LogP contribution in [0.1, 0.15) is 37.9 Å². The largest absolute Gasteiger partial charge is 0.497 e. The highest BCUT2D eigenvalue weighted by atomic mass is 28.3. The van der Waals surface area contributed by atoms with Crippen molar-refractivity contribution in [3.8, 4) is 11.5 Å². The molecule has 1 unspecified atom stereocenters. The maximum absolute atomic E-state index is 13.9. The lowest BCUT2D eigenvalue weighted by Gasteiger charge is -2.46. The fraction of sp³-hybridized carbons (Fsp3) is 0.588. The molecule has 0 saturated carbocycles. The average Bonchev–Trinajstić information content (AvgIpc) is 3.57. The number of nitrogens with zero attached hydrogens (tertiary/aromatic N) is 1. The number of fused-ring (bicyclic) bond motifs is 1. The van der Waals surface area contributed by atoms with Crippen LogP contribution in [0.4, 0.5) is 5.69 Å². The molecule has 2 fully saturated rings. The topological polar surface area (TPSA) is 187 Å². The van der Waals surface area contributed by atoms with Crippen molar-refractivity contribution in [2.45, 2.75) is 93.8 Å². The number of aliphatic hydroxyl groups excluding tert-OH is 5. The predicted molar refractivity (Wildman–Crippen MR) is 178 cm³/mol. The zero-order valence-electron chi connectivity index (χ0n) is 28.0. The molecule has 2 saturated heterocycles. The molecule has 0 radical (unpaired) electrons. The lowest BCUT2D eigenvalue weighted by Crippen LogP contribution is -2.60. The summed E-state index contributed by atoms with van der Waals surface area (Å²) in [6.07, 6.45) is -7.79. The van der Waals surface area contributed by atoms with E-state index < -0.39 is 56.9 Å². The Morgan fingerprint density at radius 3 is 2.40 bits per heavy atom. The van der Waals surface area contributed by atoms with Crippen molar-refractivity contribution in [3.63, 3.8) is 0 Å². The summed E-state index contributed by atoms with van der Waals surface area (Å²) < 4.78 is 23.3. The number of anilines is 1. The molecule has 2 aromatic carbocycles. The van der Waals surface area contributed by atoms with Gasteiger partial charge in [0.15, 0.2) is 12.4 Å². The summed E-state index contributed by atoms with van der Waals surface area (Å²) in [7, 11) is 0.763. The summed E-state index contributed by atoms with van der Waals surface area (Å²) >= 11 is 0. The first-order valence-corrected chi connectivity index (χ1v) is 19.5. The van der Waals surface area contributed by atoms with Crippen LogP contribution in [0.3, 0.4) is 0 Å². The number of benzene rings is 2. The maximum atomic E-state index is 13.9. The number of rotatable bonds is 10. The molecule has 264 valence electrons. The second-order valence-electron chi connectivity index (χ2n) is 13.6. The first kappa shape index (κ1) is 36.2. The summed E-state index contributed by atoms with van der Waals surface area (Å²) in [5.41, 5.74) is 0.829. The Bertz CT molecular complexity index is 1440. The van der Waals surface area contributed by atoms with Gasteiger partial charge in [-0.3, -0.25) is 9.59 Å². The SMILES string of the molecule is COc1ccc([Si](C)(C)C(CC(=O)N2CCC[C@H]2CO)[C@H]2Oc3ccc(NC(=O)[C@H]4O[C@@H](O)[C@H](O)[C@@H](O)[C@@H]4O)cc3[C@@H](OC)[C@@H]2C)cc1. The maximum Gasteiger partial charge on any atom is 0.256 e. The highest BCUT2D eigenvalue weighted by molar-refractivity contribution is 6.91. The molecule has 14 heteroatoms. The number of ether oxygens (including phenoxy) is 4. The van der Waals surface area contributed by atoms with Crippen molar-refractivity contribution >= 4 is 30.8 Å². The van der Waals surface area contributed by atoms with Gasteiger partial charge < -0.3 is 54.7 Å². The van der Waals surface area contributed by atoms with Crippen molar-refractivity contribution < 1.29 is 54.1 Å². The van der Waals surface area contributed by atoms with Crippen LogP contribution in [0.15, 0.2) is 42.5 Å². The highest BCUT2D eigenvalue weighted by Crippen LogP contribution is 2.48. The molecular formula is C34H48N2O11Si. The van der Waals surface area contributed by atoms with Crippen LogP contribution in [0, 0.1) is 5.92 Å². The third-order valence-corrected chi connectivity index (χ3v) is 14.6. The van der Waals surface area contributed by atoms with Gasteiger partial charge >= 0.3 is 0 Å². The molecule has 0 aromatic heterocycles. The molecular weight excluding hydrogens is 640 g/mol. The Kier molecular flexibility index (Phi) is 11.2. The van der Waals surface area contributed by atoms with E-state index in [2.05, 4.69) is 30.5 Å². The molecule has 3 heterocycles. The lowest BCUT2D eigenvalue weighted by molar-refractivity contribution is -0.274. The number of carbonyl (C=O) groups excluding carboxylic acids is 2. The van der Waals surface area contributed by atoms with Gasteiger partial charge in [0, 0.05) is 42.8 Å². The van der Waals surface area contributed by atoms with E-state index in [1.165, 1.54) is 0 Å². The third kappa shape index (κ3) is 6.98. The molecule has 3 aliphatic heterocycles. The number of nitrogens with one attached hydrogen (secondary N) is 1. The van der Waals surface area contributed by atoms with Crippen molar-refractivity contribution in [1.29, 1.82) is 0 Å². The monoisotopic (exact) mass is 688 g/mol. The molecule has 2 aromatic rings. The number of hydrogen-bond donors (Lipinski definition) is 6. The molecule has 5 rings (SSSR count). The van der Waals surface area contributed by atoms with Gasteiger partial charge in [0.25, 0.3) is 5.91 Å². The number of amides is 2. The van der Waals surface area contributed by atoms with Crippen LogP contribution in [0.2, 0.25) is 18.6 Å². The van der Waals surface area contributed by atoms with Gasteiger partial charge in [0.05, 0.1) is 33.9 Å². The fourth-order valence-electron chi connectivity index (χ4n) is 7.42. The summed E-state index contributed by atoms with van der Waals surface area (Å²) in [6.45, 7) is 7.04. The van der Waals surface area contributed by atoms with Gasteiger partial charge in [-0.1, -0.05) is 37.3 Å². The second-order valence-corrected chi connectivity index (χ2v) is 18.3. The smallest absolute Gasteiger partial charge is 0.256 e. The van der Waals surface area contributed by atoms with Crippen LogP contribution in [-0.4, -0.2) is 121 Å². The molecule has 0 spiro atoms. The molecule has 2 amide bonds. The van der Waals surface area contributed by atoms with Crippen molar-refractivity contribution in [2.75, 3.05) is 32.7 Å². The normalized spacial score (nSPS) is 31.0. The van der Waals surface area contributed by atoms with Crippen molar-refractivity contribution in [2.24, 2.45) is 5.92 Å². The number of carbonyl (C=O) groups is 2. The standard InChI is InChI=1S/C34H48N2O11Si/c1-18-30(45-3)23-15-19(35-33(42)32-28(40)27(39)29(41)34(43)47-32)8-13-24(23)46-31(18)25(16-26(38)36-14-6-7-20(36)17-37)48(4,5)22-11-9-21(44-2)10-12-22/h8-13,15,18,20,25,27-32,34,37,39-41,43H,6-7,14,16-17H2,1-5H3,(H,35,42)/t18-,20-,25?,27-,28-,29+,30-,31-,32-,34+/m0/s1. The van der Waals surface area contributed by atoms with Crippen LogP contribution < -0.4 is 20.0 Å². The fourth-order valence-corrected chi connectivity index (χ4v) is 10.8. The highest BCUT2D eigenvalue weighted by Gasteiger charge is 2.49. The van der Waals surface area contributed by atoms with E-state index in [4.69, 9.17) is 18.9 Å². The summed E-state index contributed by atoms with van der Waals surface area (Å²) in [5.74, 6) is 0.232. The Morgan fingerprint density at radius 2 is 1.75 bits per heavy atom. The van der Waals surface area contributed by atoms with E-state index in [0.29, 0.717) is 23.5 Å². The van der Waals surface area contributed by atoms with E-state index in [9.17, 15) is 35.1 Å². The molecule has 0 bridgehead atoms. The first-order chi connectivity index (χ1) is 22.8. The molecule has 0 aliphatic carbocycles. The molecule has 6 N–H and O–H groups in total. The summed E-state index contributed by atoms with van der Waals surface area (Å²) in [4.78, 5) is 28.8. The molecule has 10 atom stereocenters. The van der Waals surface area contributed by atoms with E-state index in [0.717, 1.165) is 23.8 Å². The number of aliphatic hydroxyl groups is 5. The van der Waals surface area contributed by atoms with Gasteiger partial charge in [-0.25, -0.2) is 0 Å². The Morgan fingerprint density at radius 1 is 1.04 bits per heavy atom. The minimum atomic E-state index is -2.46. The predicted octanol–water partition coefficient (Wildman–Crippen LogP) is 0.877. The van der Waals surface area contributed by atoms with Crippen LogP contribution in [-0.2, 0) is 19.1 Å². The van der Waals surface area contributed by atoms with Gasteiger partial charge in [0.1, 0.15) is 35.9 Å². The van der Waals surface area contributed by atoms with E-state index in [-0.39, 0.29) is 36.4 Å². The lowest BCUT2D eigenvalue weighted by atomic mass is 9.86. The Hall–Kier alpha value is -3.08. The van der Waals surface area contributed by atoms with E-state index in [1.807, 2.05) is 19.1 Å². The number of methoxy groups -OCH3 is 2. The van der Waals surface area contributed by atoms with Crippen LogP contribution >= 0.6 is 0 Å². The van der Waals surface area contributed by atoms with Gasteiger partial charge in [0.2, 0.25) is 5.91 Å². The van der Waals surface area contributed by atoms with Gasteiger partial charge in [-0.2, -0.15) is 0 Å². The molecule has 48 heavy (non-hydrogen) atoms. The Balaban J connectivity index is 1.44. The van der Waals surface area contributed by atoms with Crippen LogP contribution in [0.5, 0.6) is 11.5 Å².